The Balaban J connectivity index is 1.46. The average Bonchev–Trinajstić information content (AvgIpc) is 3.12. The van der Waals surface area contributed by atoms with Crippen LogP contribution in [0.4, 0.5) is 17.6 Å². The first-order valence-corrected chi connectivity index (χ1v) is 8.57. The molecule has 2 aromatic heterocycles. The Kier molecular flexibility index (Phi) is 4.59. The second-order valence-electron chi connectivity index (χ2n) is 6.15. The van der Waals surface area contributed by atoms with Crippen LogP contribution in [0.5, 0.6) is 0 Å². The van der Waals surface area contributed by atoms with E-state index in [1.807, 2.05) is 49.4 Å². The molecule has 0 fully saturated rings. The first kappa shape index (κ1) is 17.5. The molecule has 0 radical (unpaired) electrons. The second kappa shape index (κ2) is 7.36. The summed E-state index contributed by atoms with van der Waals surface area (Å²) in [6.07, 6.45) is 0. The van der Waals surface area contributed by atoms with Crippen molar-refractivity contribution in [2.75, 3.05) is 11.1 Å². The molecule has 2 heterocycles. The Morgan fingerprint density at radius 2 is 1.89 bits per heavy atom. The van der Waals surface area contributed by atoms with E-state index in [-0.39, 0.29) is 30.1 Å². The first-order chi connectivity index (χ1) is 13.6. The molecule has 140 valence electrons. The summed E-state index contributed by atoms with van der Waals surface area (Å²) in [6, 6.07) is 16.7. The number of carbonyl (C=O) groups excluding carboxylic acids is 1. The largest absolute Gasteiger partial charge is 0.452 e. The number of hydrogen-bond donors (Lipinski definition) is 2. The monoisotopic (exact) mass is 375 g/mol. The molecule has 0 unspecified atom stereocenters. The van der Waals surface area contributed by atoms with Crippen LogP contribution in [0, 0.1) is 6.92 Å². The zero-order valence-corrected chi connectivity index (χ0v) is 15.0. The zero-order chi connectivity index (χ0) is 19.5. The summed E-state index contributed by atoms with van der Waals surface area (Å²) in [5.41, 5.74) is 8.30. The van der Waals surface area contributed by atoms with E-state index in [2.05, 4.69) is 20.3 Å². The minimum absolute atomic E-state index is 0.0272. The van der Waals surface area contributed by atoms with E-state index in [4.69, 9.17) is 14.9 Å². The van der Waals surface area contributed by atoms with Crippen LogP contribution in [0.15, 0.2) is 59.0 Å². The van der Waals surface area contributed by atoms with E-state index in [0.717, 1.165) is 16.6 Å². The van der Waals surface area contributed by atoms with E-state index in [1.54, 1.807) is 12.1 Å². The number of anilines is 3. The maximum atomic E-state index is 12.2. The molecule has 0 aliphatic rings. The maximum absolute atomic E-state index is 12.2. The fourth-order valence-corrected chi connectivity index (χ4v) is 2.61. The second-order valence-corrected chi connectivity index (χ2v) is 6.15. The van der Waals surface area contributed by atoms with Crippen molar-refractivity contribution in [1.29, 1.82) is 0 Å². The molecule has 8 nitrogen and oxygen atoms in total. The molecule has 0 saturated carbocycles. The van der Waals surface area contributed by atoms with Gasteiger partial charge in [-0.1, -0.05) is 35.9 Å². The van der Waals surface area contributed by atoms with E-state index < -0.39 is 5.97 Å². The summed E-state index contributed by atoms with van der Waals surface area (Å²) in [5.74, 6) is 0.0292. The van der Waals surface area contributed by atoms with Gasteiger partial charge in [0.25, 0.3) is 0 Å². The molecule has 0 aliphatic heterocycles. The van der Waals surface area contributed by atoms with Crippen LogP contribution >= 0.6 is 0 Å². The van der Waals surface area contributed by atoms with Gasteiger partial charge in [0, 0.05) is 11.1 Å². The zero-order valence-electron chi connectivity index (χ0n) is 15.0. The highest BCUT2D eigenvalue weighted by Gasteiger charge is 2.15. The predicted molar refractivity (Wildman–Crippen MR) is 104 cm³/mol. The number of fused-ring (bicyclic) bond motifs is 1. The minimum atomic E-state index is -0.608. The van der Waals surface area contributed by atoms with E-state index in [9.17, 15) is 4.79 Å². The quantitative estimate of drug-likeness (QED) is 0.508. The van der Waals surface area contributed by atoms with Gasteiger partial charge in [0.1, 0.15) is 5.58 Å². The third kappa shape index (κ3) is 3.90. The Morgan fingerprint density at radius 3 is 2.68 bits per heavy atom. The smallest absolute Gasteiger partial charge is 0.374 e. The molecular formula is C20H17N5O3. The molecule has 28 heavy (non-hydrogen) atoms. The first-order valence-electron chi connectivity index (χ1n) is 8.57. The Labute approximate surface area is 160 Å². The molecule has 0 aliphatic carbocycles. The highest BCUT2D eigenvalue weighted by atomic mass is 16.5. The van der Waals surface area contributed by atoms with Gasteiger partial charge < -0.3 is 20.2 Å². The lowest BCUT2D eigenvalue weighted by atomic mass is 10.2. The molecule has 4 aromatic rings. The number of nitrogens with one attached hydrogen (secondary N) is 1. The lowest BCUT2D eigenvalue weighted by Gasteiger charge is -2.08. The summed E-state index contributed by atoms with van der Waals surface area (Å²) >= 11 is 0. The van der Waals surface area contributed by atoms with Gasteiger partial charge in [-0.2, -0.15) is 15.0 Å². The van der Waals surface area contributed by atoms with Gasteiger partial charge >= 0.3 is 5.97 Å². The number of furan rings is 1. The number of nitrogens with two attached hydrogens (primary N) is 1. The SMILES string of the molecule is Cc1ccc(Nc2nc(N)nc(COC(=O)c3cc4ccccc4o3)n2)cc1. The van der Waals surface area contributed by atoms with E-state index in [1.165, 1.54) is 0 Å². The summed E-state index contributed by atoms with van der Waals surface area (Å²) in [7, 11) is 0. The number of esters is 1. The van der Waals surface area contributed by atoms with Crippen molar-refractivity contribution in [3.8, 4) is 0 Å². The minimum Gasteiger partial charge on any atom is -0.452 e. The number of hydrogen-bond acceptors (Lipinski definition) is 8. The summed E-state index contributed by atoms with van der Waals surface area (Å²) in [6.45, 7) is 1.84. The van der Waals surface area contributed by atoms with Gasteiger partial charge in [-0.05, 0) is 31.2 Å². The van der Waals surface area contributed by atoms with Crippen molar-refractivity contribution in [1.82, 2.24) is 15.0 Å². The van der Waals surface area contributed by atoms with Gasteiger partial charge in [0.05, 0.1) is 0 Å². The number of para-hydroxylation sites is 1. The van der Waals surface area contributed by atoms with Gasteiger partial charge in [-0.3, -0.25) is 0 Å². The number of nitrogens with zero attached hydrogens (tertiary/aromatic N) is 3. The summed E-state index contributed by atoms with van der Waals surface area (Å²) in [4.78, 5) is 24.5. The lowest BCUT2D eigenvalue weighted by molar-refractivity contribution is 0.0428. The predicted octanol–water partition coefficient (Wildman–Crippen LogP) is 3.61. The van der Waals surface area contributed by atoms with Crippen molar-refractivity contribution in [2.24, 2.45) is 0 Å². The highest BCUT2D eigenvalue weighted by Crippen LogP contribution is 2.20. The molecule has 2 aromatic carbocycles. The van der Waals surface area contributed by atoms with Crippen LogP contribution < -0.4 is 11.1 Å². The normalized spacial score (nSPS) is 10.8. The van der Waals surface area contributed by atoms with Crippen LogP contribution in [-0.4, -0.2) is 20.9 Å². The van der Waals surface area contributed by atoms with E-state index in [0.29, 0.717) is 5.58 Å². The van der Waals surface area contributed by atoms with Crippen molar-refractivity contribution in [2.45, 2.75) is 13.5 Å². The number of ether oxygens (including phenoxy) is 1. The van der Waals surface area contributed by atoms with E-state index >= 15 is 0 Å². The average molecular weight is 375 g/mol. The Morgan fingerprint density at radius 1 is 1.11 bits per heavy atom. The number of aromatic nitrogens is 3. The van der Waals surface area contributed by atoms with Crippen LogP contribution in [-0.2, 0) is 11.3 Å². The summed E-state index contributed by atoms with van der Waals surface area (Å²) in [5, 5.41) is 3.87. The molecule has 4 rings (SSSR count). The third-order valence-electron chi connectivity index (χ3n) is 3.97. The highest BCUT2D eigenvalue weighted by molar-refractivity contribution is 5.92. The molecule has 0 spiro atoms. The summed E-state index contributed by atoms with van der Waals surface area (Å²) < 4.78 is 10.7. The van der Waals surface area contributed by atoms with Gasteiger partial charge in [0.15, 0.2) is 12.4 Å². The van der Waals surface area contributed by atoms with Crippen molar-refractivity contribution in [3.63, 3.8) is 0 Å². The van der Waals surface area contributed by atoms with Gasteiger partial charge in [-0.25, -0.2) is 4.79 Å². The lowest BCUT2D eigenvalue weighted by Crippen LogP contribution is -2.10. The number of carbonyl (C=O) groups is 1. The molecule has 0 saturated heterocycles. The Hall–Kier alpha value is -3.94. The molecular weight excluding hydrogens is 358 g/mol. The van der Waals surface area contributed by atoms with Crippen LogP contribution in [0.2, 0.25) is 0 Å². The third-order valence-corrected chi connectivity index (χ3v) is 3.97. The van der Waals surface area contributed by atoms with Crippen molar-refractivity contribution >= 4 is 34.5 Å². The molecule has 0 amide bonds. The fraction of sp³-hybridized carbons (Fsp3) is 0.100. The van der Waals surface area contributed by atoms with Gasteiger partial charge in [-0.15, -0.1) is 0 Å². The molecule has 8 heteroatoms. The number of aryl methyl sites for hydroxylation is 1. The van der Waals surface area contributed by atoms with Crippen molar-refractivity contribution in [3.05, 3.63) is 71.7 Å². The van der Waals surface area contributed by atoms with Crippen LogP contribution in [0.25, 0.3) is 11.0 Å². The van der Waals surface area contributed by atoms with Crippen LogP contribution in [0.1, 0.15) is 21.9 Å². The van der Waals surface area contributed by atoms with Crippen molar-refractivity contribution < 1.29 is 13.9 Å². The number of rotatable bonds is 5. The maximum Gasteiger partial charge on any atom is 0.374 e. The number of nitrogen functional groups attached to an aromatic ring is 1. The Bertz CT molecular complexity index is 1110. The molecule has 0 bridgehead atoms. The standard InChI is InChI=1S/C20H17N5O3/c1-12-6-8-14(9-7-12)22-20-24-17(23-19(21)25-20)11-27-18(26)16-10-13-4-2-3-5-15(13)28-16/h2-10H,11H2,1H3,(H3,21,22,23,24,25). The van der Waals surface area contributed by atoms with Crippen LogP contribution in [0.3, 0.4) is 0 Å². The topological polar surface area (TPSA) is 116 Å². The number of benzene rings is 2. The van der Waals surface area contributed by atoms with Gasteiger partial charge in [0.2, 0.25) is 17.7 Å². The molecule has 3 N–H and O–H groups in total. The fourth-order valence-electron chi connectivity index (χ4n) is 2.61. The molecule has 0 atom stereocenters.